The Morgan fingerprint density at radius 2 is 1.89 bits per heavy atom. The number of benzene rings is 1. The molecule has 184 valence electrons. The van der Waals surface area contributed by atoms with Crippen molar-refractivity contribution in [2.45, 2.75) is 59.5 Å². The van der Waals surface area contributed by atoms with E-state index in [2.05, 4.69) is 30.3 Å². The van der Waals surface area contributed by atoms with Gasteiger partial charge in [-0.25, -0.2) is 9.78 Å². The smallest absolute Gasteiger partial charge is 0.342 e. The number of rotatable bonds is 6. The number of carbonyl (C=O) groups is 2. The van der Waals surface area contributed by atoms with E-state index in [1.807, 2.05) is 39.8 Å². The second-order valence-corrected chi connectivity index (χ2v) is 9.94. The average molecular weight is 481 g/mol. The predicted octanol–water partition coefficient (Wildman–Crippen LogP) is 1.99. The van der Waals surface area contributed by atoms with Gasteiger partial charge in [-0.1, -0.05) is 38.1 Å². The van der Waals surface area contributed by atoms with Gasteiger partial charge in [-0.3, -0.25) is 28.5 Å². The predicted molar refractivity (Wildman–Crippen MR) is 128 cm³/mol. The minimum Gasteiger partial charge on any atom is -0.342 e. The zero-order valence-corrected chi connectivity index (χ0v) is 20.3. The van der Waals surface area contributed by atoms with Crippen molar-refractivity contribution >= 4 is 17.5 Å². The molecule has 11 heteroatoms. The van der Waals surface area contributed by atoms with Crippen LogP contribution in [0.2, 0.25) is 0 Å². The standard InChI is InChI=1S/C24H28N6O5/c1-13-6-7-15(16(10-13)26-21(33)23(3,4)5)17-11-19(32)30(14(2)25-17)12-18(31)28-24(8-9-24)20-27-22(34)35-29-20/h6-7,10-11H,8-9,12H2,1-5H3,(H,26,33)(H,28,31)(H,27,29,34). The number of aryl methyl sites for hydroxylation is 2. The summed E-state index contributed by atoms with van der Waals surface area (Å²) in [6, 6.07) is 6.86. The fourth-order valence-corrected chi connectivity index (χ4v) is 3.68. The lowest BCUT2D eigenvalue weighted by Gasteiger charge is -2.20. The number of nitrogens with one attached hydrogen (secondary N) is 3. The van der Waals surface area contributed by atoms with Crippen LogP contribution in [0.25, 0.3) is 11.3 Å². The second-order valence-electron chi connectivity index (χ2n) is 9.94. The Morgan fingerprint density at radius 3 is 2.46 bits per heavy atom. The topological polar surface area (TPSA) is 152 Å². The Bertz CT molecular complexity index is 1420. The van der Waals surface area contributed by atoms with Gasteiger partial charge in [-0.15, -0.1) is 0 Å². The first-order valence-corrected chi connectivity index (χ1v) is 11.3. The molecule has 1 fully saturated rings. The van der Waals surface area contributed by atoms with Gasteiger partial charge in [-0.2, -0.15) is 0 Å². The molecule has 2 aromatic heterocycles. The van der Waals surface area contributed by atoms with E-state index in [0.29, 0.717) is 35.6 Å². The third-order valence-corrected chi connectivity index (χ3v) is 5.90. The molecule has 0 spiro atoms. The van der Waals surface area contributed by atoms with E-state index in [9.17, 15) is 19.2 Å². The van der Waals surface area contributed by atoms with Gasteiger partial charge < -0.3 is 10.6 Å². The highest BCUT2D eigenvalue weighted by Crippen LogP contribution is 2.43. The summed E-state index contributed by atoms with van der Waals surface area (Å²) in [5.74, 6) is -0.664. The van der Waals surface area contributed by atoms with Crippen LogP contribution in [0.1, 0.15) is 50.8 Å². The molecule has 1 saturated carbocycles. The maximum Gasteiger partial charge on any atom is 0.438 e. The van der Waals surface area contributed by atoms with Gasteiger partial charge in [0.05, 0.1) is 11.4 Å². The van der Waals surface area contributed by atoms with Crippen molar-refractivity contribution in [3.05, 3.63) is 62.4 Å². The van der Waals surface area contributed by atoms with Crippen LogP contribution in [0.3, 0.4) is 0 Å². The van der Waals surface area contributed by atoms with Crippen molar-refractivity contribution in [3.8, 4) is 11.3 Å². The van der Waals surface area contributed by atoms with Crippen LogP contribution < -0.4 is 21.9 Å². The van der Waals surface area contributed by atoms with E-state index in [0.717, 1.165) is 5.56 Å². The van der Waals surface area contributed by atoms with E-state index < -0.39 is 28.2 Å². The molecule has 1 aliphatic carbocycles. The van der Waals surface area contributed by atoms with Crippen molar-refractivity contribution in [2.75, 3.05) is 5.32 Å². The molecule has 0 atom stereocenters. The summed E-state index contributed by atoms with van der Waals surface area (Å²) in [5.41, 5.74) is 0.723. The number of hydrogen-bond donors (Lipinski definition) is 3. The normalized spacial score (nSPS) is 14.4. The van der Waals surface area contributed by atoms with Gasteiger partial charge >= 0.3 is 5.76 Å². The largest absolute Gasteiger partial charge is 0.438 e. The van der Waals surface area contributed by atoms with Crippen LogP contribution in [0, 0.1) is 19.3 Å². The lowest BCUT2D eigenvalue weighted by Crippen LogP contribution is -2.40. The van der Waals surface area contributed by atoms with Crippen LogP contribution >= 0.6 is 0 Å². The van der Waals surface area contributed by atoms with Gasteiger partial charge in [0.2, 0.25) is 11.8 Å². The minimum atomic E-state index is -0.782. The molecule has 0 saturated heterocycles. The summed E-state index contributed by atoms with van der Waals surface area (Å²) < 4.78 is 5.81. The number of H-pyrrole nitrogens is 1. The average Bonchev–Trinajstić information content (AvgIpc) is 3.39. The molecule has 2 amide bonds. The van der Waals surface area contributed by atoms with Crippen molar-refractivity contribution in [3.63, 3.8) is 0 Å². The third kappa shape index (κ3) is 5.08. The first kappa shape index (κ1) is 24.1. The van der Waals surface area contributed by atoms with Gasteiger partial charge in [-0.05, 0) is 38.3 Å². The lowest BCUT2D eigenvalue weighted by atomic mass is 9.95. The maximum absolute atomic E-state index is 13.0. The molecule has 0 bridgehead atoms. The number of aromatic amines is 1. The lowest BCUT2D eigenvalue weighted by molar-refractivity contribution is -0.123. The number of anilines is 1. The molecule has 11 nitrogen and oxygen atoms in total. The summed E-state index contributed by atoms with van der Waals surface area (Å²) in [7, 11) is 0. The summed E-state index contributed by atoms with van der Waals surface area (Å²) in [6.07, 6.45) is 1.20. The van der Waals surface area contributed by atoms with Gasteiger partial charge in [0.15, 0.2) is 5.82 Å². The molecule has 35 heavy (non-hydrogen) atoms. The molecular weight excluding hydrogens is 452 g/mol. The highest BCUT2D eigenvalue weighted by molar-refractivity contribution is 5.98. The molecule has 3 N–H and O–H groups in total. The Hall–Kier alpha value is -4.02. The molecule has 1 aromatic carbocycles. The van der Waals surface area contributed by atoms with Crippen molar-refractivity contribution in [2.24, 2.45) is 5.41 Å². The van der Waals surface area contributed by atoms with Crippen molar-refractivity contribution in [1.82, 2.24) is 25.0 Å². The number of nitrogens with zero attached hydrogens (tertiary/aromatic N) is 3. The Morgan fingerprint density at radius 1 is 1.17 bits per heavy atom. The number of aromatic nitrogens is 4. The van der Waals surface area contributed by atoms with Gasteiger partial charge in [0.25, 0.3) is 5.56 Å². The van der Waals surface area contributed by atoms with Crippen LogP contribution in [-0.2, 0) is 21.7 Å². The first-order chi connectivity index (χ1) is 16.4. The molecule has 0 radical (unpaired) electrons. The summed E-state index contributed by atoms with van der Waals surface area (Å²) >= 11 is 0. The van der Waals surface area contributed by atoms with E-state index >= 15 is 0 Å². The summed E-state index contributed by atoms with van der Waals surface area (Å²) in [5, 5.41) is 9.44. The number of amides is 2. The molecule has 3 aromatic rings. The van der Waals surface area contributed by atoms with Crippen LogP contribution in [0.5, 0.6) is 0 Å². The monoisotopic (exact) mass is 480 g/mol. The Labute approximate surface area is 200 Å². The van der Waals surface area contributed by atoms with Crippen LogP contribution in [0.15, 0.2) is 38.4 Å². The van der Waals surface area contributed by atoms with Gasteiger partial charge in [0.1, 0.15) is 17.9 Å². The van der Waals surface area contributed by atoms with Crippen molar-refractivity contribution in [1.29, 1.82) is 0 Å². The molecule has 4 rings (SSSR count). The zero-order valence-electron chi connectivity index (χ0n) is 20.3. The highest BCUT2D eigenvalue weighted by Gasteiger charge is 2.49. The molecular formula is C24H28N6O5. The Balaban J connectivity index is 1.58. The number of hydrogen-bond acceptors (Lipinski definition) is 7. The van der Waals surface area contributed by atoms with E-state index in [4.69, 9.17) is 0 Å². The summed E-state index contributed by atoms with van der Waals surface area (Å²) in [4.78, 5) is 56.5. The molecule has 2 heterocycles. The zero-order chi connectivity index (χ0) is 25.5. The van der Waals surface area contributed by atoms with Crippen molar-refractivity contribution < 1.29 is 14.1 Å². The second kappa shape index (κ2) is 8.64. The maximum atomic E-state index is 13.0. The van der Waals surface area contributed by atoms with E-state index in [-0.39, 0.29) is 18.3 Å². The quantitative estimate of drug-likeness (QED) is 0.488. The fraction of sp³-hybridized carbons (Fsp3) is 0.417. The fourth-order valence-electron chi connectivity index (χ4n) is 3.68. The highest BCUT2D eigenvalue weighted by atomic mass is 16.5. The summed E-state index contributed by atoms with van der Waals surface area (Å²) in [6.45, 7) is 8.76. The van der Waals surface area contributed by atoms with Crippen LogP contribution in [-0.4, -0.2) is 31.5 Å². The first-order valence-electron chi connectivity index (χ1n) is 11.3. The third-order valence-electron chi connectivity index (χ3n) is 5.90. The Kier molecular flexibility index (Phi) is 5.95. The van der Waals surface area contributed by atoms with E-state index in [1.165, 1.54) is 10.6 Å². The SMILES string of the molecule is Cc1ccc(-c2cc(=O)n(CC(=O)NC3(c4noc(=O)[nH]4)CC3)c(C)n2)c(NC(=O)C(C)(C)C)c1. The van der Waals surface area contributed by atoms with Gasteiger partial charge in [0, 0.05) is 17.0 Å². The molecule has 1 aliphatic rings. The van der Waals surface area contributed by atoms with E-state index in [1.54, 1.807) is 13.0 Å². The number of carbonyl (C=O) groups excluding carboxylic acids is 2. The molecule has 0 unspecified atom stereocenters. The molecule has 0 aliphatic heterocycles. The van der Waals surface area contributed by atoms with Crippen LogP contribution in [0.4, 0.5) is 5.69 Å². The minimum absolute atomic E-state index is 0.159.